The summed E-state index contributed by atoms with van der Waals surface area (Å²) < 4.78 is 21.4. The minimum absolute atomic E-state index is 0.202. The second-order valence-electron chi connectivity index (χ2n) is 6.31. The monoisotopic (exact) mass is 386 g/mol. The van der Waals surface area contributed by atoms with Gasteiger partial charge in [-0.1, -0.05) is 37.3 Å². The average Bonchev–Trinajstić information content (AvgIpc) is 2.72. The van der Waals surface area contributed by atoms with E-state index < -0.39 is 17.5 Å². The van der Waals surface area contributed by atoms with Crippen molar-refractivity contribution < 1.29 is 28.5 Å². The van der Waals surface area contributed by atoms with E-state index in [0.717, 1.165) is 5.56 Å². The van der Waals surface area contributed by atoms with E-state index in [4.69, 9.17) is 18.9 Å². The third kappa shape index (κ3) is 6.39. The van der Waals surface area contributed by atoms with Gasteiger partial charge in [-0.2, -0.15) is 0 Å². The number of rotatable bonds is 10. The van der Waals surface area contributed by atoms with Crippen LogP contribution >= 0.6 is 0 Å². The van der Waals surface area contributed by atoms with E-state index in [2.05, 4.69) is 0 Å². The summed E-state index contributed by atoms with van der Waals surface area (Å²) in [6.07, 6.45) is 0.506. The van der Waals surface area contributed by atoms with Crippen molar-refractivity contribution in [2.24, 2.45) is 0 Å². The summed E-state index contributed by atoms with van der Waals surface area (Å²) in [7, 11) is 0. The van der Waals surface area contributed by atoms with E-state index in [1.54, 1.807) is 31.2 Å². The molecule has 0 N–H and O–H groups in total. The van der Waals surface area contributed by atoms with E-state index in [1.807, 2.05) is 44.2 Å². The predicted octanol–water partition coefficient (Wildman–Crippen LogP) is 3.92. The van der Waals surface area contributed by atoms with Crippen molar-refractivity contribution in [3.8, 4) is 11.5 Å². The van der Waals surface area contributed by atoms with Crippen LogP contribution in [0.4, 0.5) is 0 Å². The first-order valence-corrected chi connectivity index (χ1v) is 9.25. The first-order valence-electron chi connectivity index (χ1n) is 9.25. The number of benzene rings is 2. The molecule has 0 aliphatic carbocycles. The Morgan fingerprint density at radius 1 is 0.929 bits per heavy atom. The smallest absolute Gasteiger partial charge is 0.344 e. The van der Waals surface area contributed by atoms with Crippen LogP contribution in [-0.4, -0.2) is 30.8 Å². The van der Waals surface area contributed by atoms with Gasteiger partial charge >= 0.3 is 11.9 Å². The molecule has 2 rings (SSSR count). The van der Waals surface area contributed by atoms with E-state index in [1.165, 1.54) is 0 Å². The molecule has 1 atom stereocenters. The van der Waals surface area contributed by atoms with Gasteiger partial charge in [0.15, 0.2) is 12.2 Å². The Labute approximate surface area is 165 Å². The number of hydrogen-bond acceptors (Lipinski definition) is 6. The van der Waals surface area contributed by atoms with Crippen molar-refractivity contribution in [2.75, 3.05) is 13.2 Å². The second kappa shape index (κ2) is 10.5. The quantitative estimate of drug-likeness (QED) is 0.455. The third-order valence-corrected chi connectivity index (χ3v) is 4.20. The van der Waals surface area contributed by atoms with Crippen molar-refractivity contribution in [2.45, 2.75) is 39.4 Å². The fourth-order valence-electron chi connectivity index (χ4n) is 2.36. The van der Waals surface area contributed by atoms with Gasteiger partial charge in [0.1, 0.15) is 18.1 Å². The number of carbonyl (C=O) groups is 2. The van der Waals surface area contributed by atoms with Crippen LogP contribution in [0.2, 0.25) is 0 Å². The Bertz CT molecular complexity index is 756. The maximum atomic E-state index is 12.3. The highest BCUT2D eigenvalue weighted by Gasteiger charge is 2.34. The third-order valence-electron chi connectivity index (χ3n) is 4.20. The Balaban J connectivity index is 1.80. The normalized spacial score (nSPS) is 12.7. The summed E-state index contributed by atoms with van der Waals surface area (Å²) in [5.41, 5.74) is -0.0694. The zero-order valence-corrected chi connectivity index (χ0v) is 16.5. The molecule has 0 amide bonds. The largest absolute Gasteiger partial charge is 0.482 e. The lowest BCUT2D eigenvalue weighted by Crippen LogP contribution is -2.41. The summed E-state index contributed by atoms with van der Waals surface area (Å²) in [5, 5.41) is 0. The fourth-order valence-corrected chi connectivity index (χ4v) is 2.36. The molecule has 6 heteroatoms. The zero-order chi connectivity index (χ0) is 20.4. The number of esters is 2. The van der Waals surface area contributed by atoms with Crippen LogP contribution in [0.3, 0.4) is 0 Å². The molecule has 0 radical (unpaired) electrons. The summed E-state index contributed by atoms with van der Waals surface area (Å²) in [5.74, 6) is -0.0623. The first kappa shape index (κ1) is 21.4. The molecule has 0 fully saturated rings. The zero-order valence-electron chi connectivity index (χ0n) is 16.5. The Kier molecular flexibility index (Phi) is 8.02. The van der Waals surface area contributed by atoms with Crippen LogP contribution in [0.15, 0.2) is 54.6 Å². The van der Waals surface area contributed by atoms with Gasteiger partial charge in [0.05, 0.1) is 0 Å². The molecular weight excluding hydrogens is 360 g/mol. The molecule has 6 nitrogen and oxygen atoms in total. The lowest BCUT2D eigenvalue weighted by atomic mass is 10.0. The molecule has 0 saturated carbocycles. The van der Waals surface area contributed by atoms with Crippen LogP contribution < -0.4 is 9.47 Å². The van der Waals surface area contributed by atoms with Crippen molar-refractivity contribution in [1.82, 2.24) is 0 Å². The number of carbonyl (C=O) groups excluding carboxylic acids is 2. The van der Waals surface area contributed by atoms with Crippen LogP contribution in [0.25, 0.3) is 0 Å². The minimum Gasteiger partial charge on any atom is -0.482 e. The predicted molar refractivity (Wildman–Crippen MR) is 104 cm³/mol. The molecule has 0 aliphatic heterocycles. The molecular formula is C22H26O6. The van der Waals surface area contributed by atoms with Gasteiger partial charge in [-0.3, -0.25) is 0 Å². The van der Waals surface area contributed by atoms with Gasteiger partial charge in [0.2, 0.25) is 0 Å². The second-order valence-corrected chi connectivity index (χ2v) is 6.31. The standard InChI is InChI=1S/C22H26O6/c1-4-22(3,27-5-2)21(24)28-19-13-11-18(12-14-19)25-16-20(23)26-15-17-9-7-6-8-10-17/h6-14H,4-5,15-16H2,1-3H3. The van der Waals surface area contributed by atoms with Gasteiger partial charge in [0, 0.05) is 6.61 Å². The van der Waals surface area contributed by atoms with Gasteiger partial charge in [-0.25, -0.2) is 9.59 Å². The highest BCUT2D eigenvalue weighted by molar-refractivity contribution is 5.81. The minimum atomic E-state index is -0.980. The topological polar surface area (TPSA) is 71.1 Å². The lowest BCUT2D eigenvalue weighted by Gasteiger charge is -2.25. The average molecular weight is 386 g/mol. The van der Waals surface area contributed by atoms with Crippen molar-refractivity contribution >= 4 is 11.9 Å². The molecule has 28 heavy (non-hydrogen) atoms. The molecule has 2 aromatic rings. The summed E-state index contributed by atoms with van der Waals surface area (Å²) >= 11 is 0. The molecule has 2 aromatic carbocycles. The molecule has 0 bridgehead atoms. The molecule has 0 heterocycles. The Morgan fingerprint density at radius 3 is 2.18 bits per heavy atom. The maximum absolute atomic E-state index is 12.3. The van der Waals surface area contributed by atoms with Crippen LogP contribution in [0.5, 0.6) is 11.5 Å². The van der Waals surface area contributed by atoms with Gasteiger partial charge < -0.3 is 18.9 Å². The Hall–Kier alpha value is -2.86. The van der Waals surface area contributed by atoms with Gasteiger partial charge in [-0.05, 0) is 50.1 Å². The summed E-state index contributed by atoms with van der Waals surface area (Å²) in [6.45, 7) is 5.82. The summed E-state index contributed by atoms with van der Waals surface area (Å²) in [4.78, 5) is 24.1. The van der Waals surface area contributed by atoms with Crippen LogP contribution in [-0.2, 0) is 25.7 Å². The summed E-state index contributed by atoms with van der Waals surface area (Å²) in [6, 6.07) is 15.9. The van der Waals surface area contributed by atoms with Crippen molar-refractivity contribution in [3.63, 3.8) is 0 Å². The highest BCUT2D eigenvalue weighted by atomic mass is 16.6. The van der Waals surface area contributed by atoms with Crippen LogP contribution in [0, 0.1) is 0 Å². The van der Waals surface area contributed by atoms with E-state index in [-0.39, 0.29) is 13.2 Å². The molecule has 1 unspecified atom stereocenters. The molecule has 0 saturated heterocycles. The SMILES string of the molecule is CCOC(C)(CC)C(=O)Oc1ccc(OCC(=O)OCc2ccccc2)cc1. The van der Waals surface area contributed by atoms with E-state index in [0.29, 0.717) is 24.5 Å². The van der Waals surface area contributed by atoms with Crippen LogP contribution in [0.1, 0.15) is 32.8 Å². The highest BCUT2D eigenvalue weighted by Crippen LogP contribution is 2.22. The van der Waals surface area contributed by atoms with Gasteiger partial charge in [0.25, 0.3) is 0 Å². The first-order chi connectivity index (χ1) is 13.5. The molecule has 0 spiro atoms. The van der Waals surface area contributed by atoms with E-state index in [9.17, 15) is 9.59 Å². The molecule has 150 valence electrons. The maximum Gasteiger partial charge on any atom is 0.344 e. The van der Waals surface area contributed by atoms with Crippen molar-refractivity contribution in [1.29, 1.82) is 0 Å². The van der Waals surface area contributed by atoms with E-state index >= 15 is 0 Å². The Morgan fingerprint density at radius 2 is 1.57 bits per heavy atom. The number of hydrogen-bond donors (Lipinski definition) is 0. The molecule has 0 aromatic heterocycles. The lowest BCUT2D eigenvalue weighted by molar-refractivity contribution is -0.160. The van der Waals surface area contributed by atoms with Gasteiger partial charge in [-0.15, -0.1) is 0 Å². The molecule has 0 aliphatic rings. The number of ether oxygens (including phenoxy) is 4. The van der Waals surface area contributed by atoms with Crippen molar-refractivity contribution in [3.05, 3.63) is 60.2 Å². The fraction of sp³-hybridized carbons (Fsp3) is 0.364.